The lowest BCUT2D eigenvalue weighted by molar-refractivity contribution is -0.117. The topological polar surface area (TPSA) is 86.3 Å². The molecule has 148 valence electrons. The second-order valence-electron chi connectivity index (χ2n) is 6.63. The van der Waals surface area contributed by atoms with E-state index in [1.54, 1.807) is 29.1 Å². The molecule has 0 aliphatic carbocycles. The summed E-state index contributed by atoms with van der Waals surface area (Å²) in [4.78, 5) is 16.6. The second-order valence-corrected chi connectivity index (χ2v) is 6.63. The van der Waals surface area contributed by atoms with Gasteiger partial charge in [-0.1, -0.05) is 0 Å². The maximum absolute atomic E-state index is 13.7. The van der Waals surface area contributed by atoms with Crippen molar-refractivity contribution in [3.05, 3.63) is 59.8 Å². The summed E-state index contributed by atoms with van der Waals surface area (Å²) in [5.41, 5.74) is 3.60. The standard InChI is InChI=1S/C20H19FN6O2/c1-12-8-13(2)26(24-12)11-19(28)23-20-22-18-7-4-14(10-27(18)25-20)16-9-15(21)5-6-17(16)29-3/h4-10H,11H2,1-3H3,(H,23,25,28). The van der Waals surface area contributed by atoms with Gasteiger partial charge in [0.2, 0.25) is 11.9 Å². The van der Waals surface area contributed by atoms with Crippen molar-refractivity contribution in [2.24, 2.45) is 0 Å². The Balaban J connectivity index is 1.58. The van der Waals surface area contributed by atoms with Crippen LogP contribution in [0.15, 0.2) is 42.6 Å². The van der Waals surface area contributed by atoms with Crippen LogP contribution < -0.4 is 10.1 Å². The van der Waals surface area contributed by atoms with Crippen LogP contribution in [0.3, 0.4) is 0 Å². The Labute approximate surface area is 165 Å². The fraction of sp³-hybridized carbons (Fsp3) is 0.200. The number of nitrogens with zero attached hydrogens (tertiary/aromatic N) is 5. The number of hydrogen-bond donors (Lipinski definition) is 1. The molecule has 1 aromatic carbocycles. The number of fused-ring (bicyclic) bond motifs is 1. The average molecular weight is 394 g/mol. The minimum Gasteiger partial charge on any atom is -0.496 e. The van der Waals surface area contributed by atoms with Crippen molar-refractivity contribution >= 4 is 17.5 Å². The van der Waals surface area contributed by atoms with Gasteiger partial charge in [0.05, 0.1) is 12.8 Å². The van der Waals surface area contributed by atoms with Crippen LogP contribution in [0.1, 0.15) is 11.4 Å². The number of nitrogens with one attached hydrogen (secondary N) is 1. The molecule has 0 unspecified atom stereocenters. The Bertz CT molecular complexity index is 1210. The molecule has 0 saturated heterocycles. The van der Waals surface area contributed by atoms with Crippen LogP contribution in [0.25, 0.3) is 16.8 Å². The molecule has 1 amide bonds. The van der Waals surface area contributed by atoms with Gasteiger partial charge in [-0.05, 0) is 50.2 Å². The predicted molar refractivity (Wildman–Crippen MR) is 105 cm³/mol. The Hall–Kier alpha value is -3.75. The number of aryl methyl sites for hydroxylation is 2. The van der Waals surface area contributed by atoms with Gasteiger partial charge in [0.15, 0.2) is 5.65 Å². The summed E-state index contributed by atoms with van der Waals surface area (Å²) in [6, 6.07) is 9.74. The van der Waals surface area contributed by atoms with Crippen LogP contribution in [0, 0.1) is 19.7 Å². The molecule has 3 aromatic heterocycles. The number of halogens is 1. The van der Waals surface area contributed by atoms with Crippen molar-refractivity contribution < 1.29 is 13.9 Å². The van der Waals surface area contributed by atoms with Crippen LogP contribution in [0.2, 0.25) is 0 Å². The zero-order valence-corrected chi connectivity index (χ0v) is 16.2. The van der Waals surface area contributed by atoms with Crippen molar-refractivity contribution in [1.82, 2.24) is 24.4 Å². The number of methoxy groups -OCH3 is 1. The highest BCUT2D eigenvalue weighted by molar-refractivity contribution is 5.89. The highest BCUT2D eigenvalue weighted by atomic mass is 19.1. The van der Waals surface area contributed by atoms with E-state index in [0.29, 0.717) is 22.5 Å². The number of anilines is 1. The minimum atomic E-state index is -0.364. The molecule has 1 N–H and O–H groups in total. The Morgan fingerprint density at radius 3 is 2.72 bits per heavy atom. The fourth-order valence-electron chi connectivity index (χ4n) is 3.14. The molecule has 29 heavy (non-hydrogen) atoms. The zero-order valence-electron chi connectivity index (χ0n) is 16.2. The van der Waals surface area contributed by atoms with Crippen LogP contribution in [0.4, 0.5) is 10.3 Å². The fourth-order valence-corrected chi connectivity index (χ4v) is 3.14. The van der Waals surface area contributed by atoms with E-state index in [1.165, 1.54) is 23.8 Å². The van der Waals surface area contributed by atoms with E-state index < -0.39 is 0 Å². The number of aromatic nitrogens is 5. The molecule has 0 aliphatic rings. The number of carbonyl (C=O) groups is 1. The van der Waals surface area contributed by atoms with Gasteiger partial charge in [0, 0.05) is 23.0 Å². The van der Waals surface area contributed by atoms with E-state index in [-0.39, 0.29) is 24.2 Å². The van der Waals surface area contributed by atoms with Crippen molar-refractivity contribution in [3.8, 4) is 16.9 Å². The normalized spacial score (nSPS) is 11.0. The summed E-state index contributed by atoms with van der Waals surface area (Å²) in [6.07, 6.45) is 1.70. The van der Waals surface area contributed by atoms with Gasteiger partial charge in [-0.2, -0.15) is 10.1 Å². The van der Waals surface area contributed by atoms with E-state index in [9.17, 15) is 9.18 Å². The Morgan fingerprint density at radius 1 is 1.17 bits per heavy atom. The highest BCUT2D eigenvalue weighted by Crippen LogP contribution is 2.30. The van der Waals surface area contributed by atoms with Gasteiger partial charge in [0.25, 0.3) is 0 Å². The molecule has 3 heterocycles. The lowest BCUT2D eigenvalue weighted by Crippen LogP contribution is -2.21. The summed E-state index contributed by atoms with van der Waals surface area (Å²) in [5.74, 6) is 0.0832. The number of amides is 1. The monoisotopic (exact) mass is 394 g/mol. The number of benzene rings is 1. The SMILES string of the molecule is COc1ccc(F)cc1-c1ccc2nc(NC(=O)Cn3nc(C)cc3C)nn2c1. The summed E-state index contributed by atoms with van der Waals surface area (Å²) < 4.78 is 22.2. The second kappa shape index (κ2) is 7.34. The molecular weight excluding hydrogens is 375 g/mol. The molecular formula is C20H19FN6O2. The molecule has 9 heteroatoms. The van der Waals surface area contributed by atoms with Crippen molar-refractivity contribution in [2.75, 3.05) is 12.4 Å². The number of carbonyl (C=O) groups excluding carboxylic acids is 1. The largest absolute Gasteiger partial charge is 0.496 e. The van der Waals surface area contributed by atoms with Gasteiger partial charge in [0.1, 0.15) is 18.1 Å². The minimum absolute atomic E-state index is 0.0704. The summed E-state index contributed by atoms with van der Waals surface area (Å²) in [5, 5.41) is 11.2. The molecule has 0 fully saturated rings. The molecule has 4 rings (SSSR count). The lowest BCUT2D eigenvalue weighted by Gasteiger charge is -2.08. The summed E-state index contributed by atoms with van der Waals surface area (Å²) in [7, 11) is 1.53. The predicted octanol–water partition coefficient (Wildman–Crippen LogP) is 3.00. The quantitative estimate of drug-likeness (QED) is 0.562. The van der Waals surface area contributed by atoms with Crippen molar-refractivity contribution in [2.45, 2.75) is 20.4 Å². The molecule has 0 atom stereocenters. The number of pyridine rings is 1. The third-order valence-electron chi connectivity index (χ3n) is 4.45. The van der Waals surface area contributed by atoms with Crippen LogP contribution >= 0.6 is 0 Å². The first-order chi connectivity index (χ1) is 13.9. The molecule has 0 saturated carbocycles. The van der Waals surface area contributed by atoms with E-state index in [2.05, 4.69) is 20.5 Å². The van der Waals surface area contributed by atoms with E-state index >= 15 is 0 Å². The van der Waals surface area contributed by atoms with E-state index in [0.717, 1.165) is 11.4 Å². The highest BCUT2D eigenvalue weighted by Gasteiger charge is 2.13. The number of ether oxygens (including phenoxy) is 1. The first-order valence-electron chi connectivity index (χ1n) is 8.94. The number of rotatable bonds is 5. The maximum atomic E-state index is 13.7. The maximum Gasteiger partial charge on any atom is 0.249 e. The van der Waals surface area contributed by atoms with Gasteiger partial charge < -0.3 is 4.74 Å². The van der Waals surface area contributed by atoms with Crippen LogP contribution in [0.5, 0.6) is 5.75 Å². The van der Waals surface area contributed by atoms with E-state index in [1.807, 2.05) is 19.9 Å². The van der Waals surface area contributed by atoms with Crippen molar-refractivity contribution in [1.29, 1.82) is 0 Å². The Kier molecular flexibility index (Phi) is 4.71. The molecule has 8 nitrogen and oxygen atoms in total. The van der Waals surface area contributed by atoms with Crippen LogP contribution in [-0.4, -0.2) is 37.4 Å². The summed E-state index contributed by atoms with van der Waals surface area (Å²) in [6.45, 7) is 3.83. The van der Waals surface area contributed by atoms with Gasteiger partial charge in [-0.15, -0.1) is 5.10 Å². The zero-order chi connectivity index (χ0) is 20.5. The third kappa shape index (κ3) is 3.79. The molecule has 4 aromatic rings. The van der Waals surface area contributed by atoms with Gasteiger partial charge >= 0.3 is 0 Å². The lowest BCUT2D eigenvalue weighted by atomic mass is 10.1. The smallest absolute Gasteiger partial charge is 0.249 e. The summed E-state index contributed by atoms with van der Waals surface area (Å²) >= 11 is 0. The molecule has 0 aliphatic heterocycles. The molecule has 0 radical (unpaired) electrons. The van der Waals surface area contributed by atoms with Gasteiger partial charge in [-0.25, -0.2) is 8.91 Å². The number of hydrogen-bond acceptors (Lipinski definition) is 5. The molecule has 0 bridgehead atoms. The first-order valence-corrected chi connectivity index (χ1v) is 8.94. The van der Waals surface area contributed by atoms with E-state index in [4.69, 9.17) is 4.74 Å². The Morgan fingerprint density at radius 2 is 2.00 bits per heavy atom. The molecule has 0 spiro atoms. The van der Waals surface area contributed by atoms with Crippen molar-refractivity contribution in [3.63, 3.8) is 0 Å². The van der Waals surface area contributed by atoms with Crippen LogP contribution in [-0.2, 0) is 11.3 Å². The third-order valence-corrected chi connectivity index (χ3v) is 4.45. The first kappa shape index (κ1) is 18.6. The average Bonchev–Trinajstić information content (AvgIpc) is 3.22. The van der Waals surface area contributed by atoms with Gasteiger partial charge in [-0.3, -0.25) is 14.8 Å².